The number of aromatic nitrogens is 4. The maximum absolute atomic E-state index is 4.61. The molecule has 0 amide bonds. The summed E-state index contributed by atoms with van der Waals surface area (Å²) in [7, 11) is 2.00. The van der Waals surface area contributed by atoms with Gasteiger partial charge < -0.3 is 4.57 Å². The molecule has 96 valence electrons. The molecule has 19 heavy (non-hydrogen) atoms. The Hall–Kier alpha value is -1.66. The van der Waals surface area contributed by atoms with E-state index in [4.69, 9.17) is 0 Å². The predicted molar refractivity (Wildman–Crippen MR) is 78.1 cm³/mol. The summed E-state index contributed by atoms with van der Waals surface area (Å²) in [6.07, 6.45) is 5.55. The maximum atomic E-state index is 4.61. The Kier molecular flexibility index (Phi) is 3.61. The van der Waals surface area contributed by atoms with E-state index in [-0.39, 0.29) is 0 Å². The molecule has 0 saturated heterocycles. The number of pyridine rings is 1. The van der Waals surface area contributed by atoms with Gasteiger partial charge in [-0.05, 0) is 12.1 Å². The van der Waals surface area contributed by atoms with Gasteiger partial charge in [-0.2, -0.15) is 0 Å². The smallest absolute Gasteiger partial charge is 0.168 e. The van der Waals surface area contributed by atoms with E-state index in [0.29, 0.717) is 0 Å². The molecule has 0 unspecified atom stereocenters. The topological polar surface area (TPSA) is 43.6 Å². The Balaban J connectivity index is 1.70. The van der Waals surface area contributed by atoms with Gasteiger partial charge in [-0.15, -0.1) is 11.3 Å². The Morgan fingerprint density at radius 3 is 2.95 bits per heavy atom. The van der Waals surface area contributed by atoms with Crippen molar-refractivity contribution in [3.8, 4) is 10.7 Å². The highest BCUT2D eigenvalue weighted by atomic mass is 32.2. The summed E-state index contributed by atoms with van der Waals surface area (Å²) in [6.45, 7) is 0. The molecule has 0 bridgehead atoms. The first kappa shape index (κ1) is 12.4. The van der Waals surface area contributed by atoms with Crippen molar-refractivity contribution in [2.45, 2.75) is 10.9 Å². The zero-order valence-electron chi connectivity index (χ0n) is 10.4. The number of hydrogen-bond donors (Lipinski definition) is 0. The molecule has 0 aliphatic rings. The molecule has 3 rings (SSSR count). The van der Waals surface area contributed by atoms with Crippen LogP contribution in [0.1, 0.15) is 5.69 Å². The first-order valence-electron chi connectivity index (χ1n) is 5.79. The monoisotopic (exact) mass is 288 g/mol. The van der Waals surface area contributed by atoms with Gasteiger partial charge in [0.05, 0.1) is 11.4 Å². The predicted octanol–water partition coefficient (Wildman–Crippen LogP) is 3.23. The third-order valence-corrected chi connectivity index (χ3v) is 4.57. The lowest BCUT2D eigenvalue weighted by atomic mass is 10.4. The zero-order chi connectivity index (χ0) is 13.1. The van der Waals surface area contributed by atoms with E-state index in [1.54, 1.807) is 29.3 Å². The molecule has 0 fully saturated rings. The minimum Gasteiger partial charge on any atom is -0.329 e. The molecule has 0 radical (unpaired) electrons. The van der Waals surface area contributed by atoms with Crippen LogP contribution in [0.4, 0.5) is 0 Å². The van der Waals surface area contributed by atoms with E-state index in [1.165, 1.54) is 0 Å². The Bertz CT molecular complexity index is 660. The summed E-state index contributed by atoms with van der Waals surface area (Å²) in [4.78, 5) is 13.2. The van der Waals surface area contributed by atoms with Crippen molar-refractivity contribution in [2.24, 2.45) is 7.05 Å². The van der Waals surface area contributed by atoms with Crippen LogP contribution in [0.5, 0.6) is 0 Å². The first-order chi connectivity index (χ1) is 9.33. The summed E-state index contributed by atoms with van der Waals surface area (Å²) in [5.74, 6) is 0.828. The van der Waals surface area contributed by atoms with Crippen LogP contribution in [0, 0.1) is 0 Å². The van der Waals surface area contributed by atoms with Crippen molar-refractivity contribution in [3.05, 3.63) is 47.9 Å². The second kappa shape index (κ2) is 5.54. The van der Waals surface area contributed by atoms with Gasteiger partial charge in [-0.3, -0.25) is 4.98 Å². The molecule has 0 aromatic carbocycles. The molecule has 0 spiro atoms. The number of thioether (sulfide) groups is 1. The third kappa shape index (κ3) is 2.85. The highest BCUT2D eigenvalue weighted by molar-refractivity contribution is 7.98. The van der Waals surface area contributed by atoms with Crippen molar-refractivity contribution < 1.29 is 0 Å². The van der Waals surface area contributed by atoms with Gasteiger partial charge in [-0.1, -0.05) is 17.8 Å². The standard InChI is InChI=1S/C13H12N4S2/c1-17-7-6-15-13(17)19-9-10-8-18-12(16-10)11-4-2-3-5-14-11/h2-8H,9H2,1H3. The molecule has 3 heterocycles. The fourth-order valence-electron chi connectivity index (χ4n) is 1.61. The maximum Gasteiger partial charge on any atom is 0.168 e. The van der Waals surface area contributed by atoms with Crippen LogP contribution >= 0.6 is 23.1 Å². The largest absolute Gasteiger partial charge is 0.329 e. The Labute approximate surface area is 119 Å². The molecule has 3 aromatic heterocycles. The average Bonchev–Trinajstić information content (AvgIpc) is 3.06. The van der Waals surface area contributed by atoms with Crippen LogP contribution in [0.2, 0.25) is 0 Å². The van der Waals surface area contributed by atoms with Gasteiger partial charge in [-0.25, -0.2) is 9.97 Å². The van der Waals surface area contributed by atoms with Crippen molar-refractivity contribution in [3.63, 3.8) is 0 Å². The first-order valence-corrected chi connectivity index (χ1v) is 7.65. The lowest BCUT2D eigenvalue weighted by molar-refractivity contribution is 0.789. The molecule has 0 atom stereocenters. The molecule has 0 aliphatic heterocycles. The lowest BCUT2D eigenvalue weighted by Crippen LogP contribution is -1.90. The van der Waals surface area contributed by atoms with Crippen LogP contribution in [-0.2, 0) is 12.8 Å². The van der Waals surface area contributed by atoms with Crippen LogP contribution in [0.15, 0.2) is 47.3 Å². The van der Waals surface area contributed by atoms with Crippen LogP contribution in [0.3, 0.4) is 0 Å². The highest BCUT2D eigenvalue weighted by Gasteiger charge is 2.07. The minimum absolute atomic E-state index is 0.828. The van der Waals surface area contributed by atoms with E-state index >= 15 is 0 Å². The second-order valence-corrected chi connectivity index (χ2v) is 5.77. The molecule has 0 saturated carbocycles. The van der Waals surface area contributed by atoms with Crippen LogP contribution < -0.4 is 0 Å². The third-order valence-electron chi connectivity index (χ3n) is 2.56. The van der Waals surface area contributed by atoms with E-state index < -0.39 is 0 Å². The molecule has 6 heteroatoms. The van der Waals surface area contributed by atoms with Crippen LogP contribution in [0.25, 0.3) is 10.7 Å². The SMILES string of the molecule is Cn1ccnc1SCc1csc(-c2ccccn2)n1. The van der Waals surface area contributed by atoms with E-state index in [9.17, 15) is 0 Å². The van der Waals surface area contributed by atoms with E-state index in [1.807, 2.05) is 42.2 Å². The van der Waals surface area contributed by atoms with E-state index in [0.717, 1.165) is 27.3 Å². The molecule has 0 N–H and O–H groups in total. The molecular formula is C13H12N4S2. The fourth-order valence-corrected chi connectivity index (χ4v) is 3.34. The summed E-state index contributed by atoms with van der Waals surface area (Å²) in [5, 5.41) is 4.06. The number of nitrogens with zero attached hydrogens (tertiary/aromatic N) is 4. The van der Waals surface area contributed by atoms with E-state index in [2.05, 4.69) is 20.3 Å². The quantitative estimate of drug-likeness (QED) is 0.691. The average molecular weight is 288 g/mol. The molecule has 4 nitrogen and oxygen atoms in total. The lowest BCUT2D eigenvalue weighted by Gasteiger charge is -1.98. The van der Waals surface area contributed by atoms with Gasteiger partial charge in [0.15, 0.2) is 5.16 Å². The molecule has 0 aliphatic carbocycles. The summed E-state index contributed by atoms with van der Waals surface area (Å²) < 4.78 is 2.01. The van der Waals surface area contributed by atoms with Crippen molar-refractivity contribution in [1.29, 1.82) is 0 Å². The Morgan fingerprint density at radius 1 is 1.26 bits per heavy atom. The van der Waals surface area contributed by atoms with Crippen molar-refractivity contribution >= 4 is 23.1 Å². The van der Waals surface area contributed by atoms with Crippen LogP contribution in [-0.4, -0.2) is 19.5 Å². The normalized spacial score (nSPS) is 10.8. The molecule has 3 aromatic rings. The van der Waals surface area contributed by atoms with Gasteiger partial charge in [0.25, 0.3) is 0 Å². The van der Waals surface area contributed by atoms with Gasteiger partial charge >= 0.3 is 0 Å². The fraction of sp³-hybridized carbons (Fsp3) is 0.154. The minimum atomic E-state index is 0.828. The number of imidazole rings is 1. The summed E-state index contributed by atoms with van der Waals surface area (Å²) in [5.41, 5.74) is 2.00. The van der Waals surface area contributed by atoms with Gasteiger partial charge in [0.2, 0.25) is 0 Å². The summed E-state index contributed by atoms with van der Waals surface area (Å²) in [6, 6.07) is 5.87. The second-order valence-electron chi connectivity index (χ2n) is 3.97. The molecular weight excluding hydrogens is 276 g/mol. The zero-order valence-corrected chi connectivity index (χ0v) is 12.0. The van der Waals surface area contributed by atoms with Crippen molar-refractivity contribution in [1.82, 2.24) is 19.5 Å². The highest BCUT2D eigenvalue weighted by Crippen LogP contribution is 2.25. The Morgan fingerprint density at radius 2 is 2.21 bits per heavy atom. The van der Waals surface area contributed by atoms with Gasteiger partial charge in [0, 0.05) is 36.8 Å². The number of hydrogen-bond acceptors (Lipinski definition) is 5. The van der Waals surface area contributed by atoms with Crippen molar-refractivity contribution in [2.75, 3.05) is 0 Å². The summed E-state index contributed by atoms with van der Waals surface area (Å²) >= 11 is 3.32. The number of thiazole rings is 1. The van der Waals surface area contributed by atoms with Gasteiger partial charge in [0.1, 0.15) is 5.01 Å². The number of rotatable bonds is 4. The number of aryl methyl sites for hydroxylation is 1.